The van der Waals surface area contributed by atoms with E-state index in [1.165, 1.54) is 30.3 Å². The molecular formula is C26H21F2N3O4. The van der Waals surface area contributed by atoms with Gasteiger partial charge in [-0.05, 0) is 61.5 Å². The van der Waals surface area contributed by atoms with Gasteiger partial charge >= 0.3 is 12.0 Å². The zero-order valence-corrected chi connectivity index (χ0v) is 18.7. The molecule has 0 spiro atoms. The molecule has 4 aromatic rings. The van der Waals surface area contributed by atoms with Gasteiger partial charge in [0.25, 0.3) is 0 Å². The average Bonchev–Trinajstić information content (AvgIpc) is 2.84. The van der Waals surface area contributed by atoms with Gasteiger partial charge in [0, 0.05) is 22.7 Å². The topological polar surface area (TPSA) is 89.6 Å². The minimum atomic E-state index is -0.640. The number of benzene rings is 3. The zero-order chi connectivity index (χ0) is 24.8. The number of hydrogen-bond donors (Lipinski definition) is 2. The lowest BCUT2D eigenvalue weighted by Crippen LogP contribution is -2.20. The number of pyridine rings is 1. The van der Waals surface area contributed by atoms with Crippen molar-refractivity contribution in [1.82, 2.24) is 4.98 Å². The molecule has 0 bridgehead atoms. The summed E-state index contributed by atoms with van der Waals surface area (Å²) in [7, 11) is 0. The van der Waals surface area contributed by atoms with E-state index in [2.05, 4.69) is 15.6 Å². The largest absolute Gasteiger partial charge is 0.481 e. The Bertz CT molecular complexity index is 1380. The summed E-state index contributed by atoms with van der Waals surface area (Å²) in [6.45, 7) is 1.57. The first-order valence-electron chi connectivity index (χ1n) is 10.7. The van der Waals surface area contributed by atoms with Crippen molar-refractivity contribution < 1.29 is 27.8 Å². The Balaban J connectivity index is 1.65. The van der Waals surface area contributed by atoms with Crippen LogP contribution in [-0.4, -0.2) is 30.2 Å². The zero-order valence-electron chi connectivity index (χ0n) is 18.7. The number of halogens is 2. The van der Waals surface area contributed by atoms with Gasteiger partial charge < -0.3 is 20.1 Å². The number of hydrogen-bond acceptors (Lipinski definition) is 5. The van der Waals surface area contributed by atoms with Crippen molar-refractivity contribution in [2.45, 2.75) is 6.92 Å². The minimum Gasteiger partial charge on any atom is -0.481 e. The number of nitrogens with zero attached hydrogens (tertiary/aromatic N) is 1. The van der Waals surface area contributed by atoms with Crippen molar-refractivity contribution in [2.24, 2.45) is 0 Å². The third-order valence-electron chi connectivity index (χ3n) is 4.94. The molecule has 2 N–H and O–H groups in total. The summed E-state index contributed by atoms with van der Waals surface area (Å²) in [5.41, 5.74) is 2.11. The minimum absolute atomic E-state index is 0.0369. The molecule has 4 rings (SSSR count). The average molecular weight is 477 g/mol. The molecule has 0 saturated heterocycles. The molecule has 0 aliphatic heterocycles. The summed E-state index contributed by atoms with van der Waals surface area (Å²) < 4.78 is 37.9. The third-order valence-corrected chi connectivity index (χ3v) is 4.94. The molecule has 178 valence electrons. The van der Waals surface area contributed by atoms with Gasteiger partial charge in [0.2, 0.25) is 0 Å². The summed E-state index contributed by atoms with van der Waals surface area (Å²) in [4.78, 5) is 28.8. The van der Waals surface area contributed by atoms with E-state index in [1.807, 2.05) is 0 Å². The molecule has 7 nitrogen and oxygen atoms in total. The summed E-state index contributed by atoms with van der Waals surface area (Å²) in [6.07, 6.45) is 0. The van der Waals surface area contributed by atoms with Crippen LogP contribution in [0, 0.1) is 11.6 Å². The molecule has 0 radical (unpaired) electrons. The predicted octanol–water partition coefficient (Wildman–Crippen LogP) is 5.77. The Morgan fingerprint density at radius 3 is 2.46 bits per heavy atom. The summed E-state index contributed by atoms with van der Waals surface area (Å²) in [5, 5.41) is 5.61. The van der Waals surface area contributed by atoms with Gasteiger partial charge in [0.1, 0.15) is 17.4 Å². The van der Waals surface area contributed by atoms with Crippen LogP contribution in [0.25, 0.3) is 22.2 Å². The van der Waals surface area contributed by atoms with E-state index in [4.69, 9.17) is 9.47 Å². The maximum Gasteiger partial charge on any atom is 0.344 e. The van der Waals surface area contributed by atoms with Gasteiger partial charge in [-0.3, -0.25) is 0 Å². The number of nitrogens with one attached hydrogen (secondary N) is 2. The fourth-order valence-corrected chi connectivity index (χ4v) is 3.35. The SMILES string of the molecule is CCOC(=O)COc1cc(-c2ccc(F)cc2)nc2ccc(NC(=O)Nc3ccccc3F)cc12. The molecule has 0 aliphatic rings. The Kier molecular flexibility index (Phi) is 7.15. The van der Waals surface area contributed by atoms with Crippen molar-refractivity contribution in [1.29, 1.82) is 0 Å². The molecule has 0 saturated carbocycles. The highest BCUT2D eigenvalue weighted by molar-refractivity contribution is 6.01. The first kappa shape index (κ1) is 23.6. The van der Waals surface area contributed by atoms with Crippen LogP contribution in [0.4, 0.5) is 25.0 Å². The number of carbonyl (C=O) groups excluding carboxylic acids is 2. The van der Waals surface area contributed by atoms with E-state index in [9.17, 15) is 18.4 Å². The number of carbonyl (C=O) groups is 2. The van der Waals surface area contributed by atoms with Crippen LogP contribution in [0.1, 0.15) is 6.92 Å². The van der Waals surface area contributed by atoms with Gasteiger partial charge in [0.15, 0.2) is 6.61 Å². The number of esters is 1. The second-order valence-corrected chi connectivity index (χ2v) is 7.40. The number of fused-ring (bicyclic) bond motifs is 1. The Labute approximate surface area is 199 Å². The number of aromatic nitrogens is 1. The van der Waals surface area contributed by atoms with E-state index in [1.54, 1.807) is 49.4 Å². The highest BCUT2D eigenvalue weighted by atomic mass is 19.1. The molecule has 0 fully saturated rings. The molecule has 1 heterocycles. The first-order chi connectivity index (χ1) is 16.9. The Morgan fingerprint density at radius 2 is 1.71 bits per heavy atom. The van der Waals surface area contributed by atoms with Crippen LogP contribution in [0.15, 0.2) is 72.8 Å². The molecular weight excluding hydrogens is 456 g/mol. The lowest BCUT2D eigenvalue weighted by Gasteiger charge is -2.13. The lowest BCUT2D eigenvalue weighted by molar-refractivity contribution is -0.145. The molecule has 0 unspecified atom stereocenters. The summed E-state index contributed by atoms with van der Waals surface area (Å²) >= 11 is 0. The first-order valence-corrected chi connectivity index (χ1v) is 10.7. The van der Waals surface area contributed by atoms with E-state index in [0.29, 0.717) is 33.6 Å². The van der Waals surface area contributed by atoms with E-state index >= 15 is 0 Å². The number of ether oxygens (including phenoxy) is 2. The third kappa shape index (κ3) is 5.89. The standard InChI is InChI=1S/C26H21F2N3O4/c1-2-34-25(32)15-35-24-14-23(16-7-9-17(27)10-8-16)30-21-12-11-18(13-19(21)24)29-26(33)31-22-6-4-3-5-20(22)28/h3-14H,2,15H2,1H3,(H2,29,31,33). The monoisotopic (exact) mass is 477 g/mol. The maximum atomic E-state index is 13.8. The molecule has 1 aromatic heterocycles. The smallest absolute Gasteiger partial charge is 0.344 e. The van der Waals surface area contributed by atoms with Crippen LogP contribution < -0.4 is 15.4 Å². The van der Waals surface area contributed by atoms with E-state index in [0.717, 1.165) is 0 Å². The number of urea groups is 1. The highest BCUT2D eigenvalue weighted by Gasteiger charge is 2.13. The van der Waals surface area contributed by atoms with Crippen molar-refractivity contribution in [3.05, 3.63) is 84.4 Å². The molecule has 2 amide bonds. The fraction of sp³-hybridized carbons (Fsp3) is 0.115. The van der Waals surface area contributed by atoms with Gasteiger partial charge in [-0.25, -0.2) is 23.4 Å². The van der Waals surface area contributed by atoms with Gasteiger partial charge in [0.05, 0.1) is 23.5 Å². The molecule has 0 atom stereocenters. The molecule has 9 heteroatoms. The van der Waals surface area contributed by atoms with Crippen molar-refractivity contribution in [3.63, 3.8) is 0 Å². The summed E-state index contributed by atoms with van der Waals surface area (Å²) in [5.74, 6) is -1.16. The lowest BCUT2D eigenvalue weighted by atomic mass is 10.1. The predicted molar refractivity (Wildman–Crippen MR) is 128 cm³/mol. The van der Waals surface area contributed by atoms with Crippen LogP contribution in [-0.2, 0) is 9.53 Å². The Morgan fingerprint density at radius 1 is 0.943 bits per heavy atom. The van der Waals surface area contributed by atoms with E-state index in [-0.39, 0.29) is 24.7 Å². The van der Waals surface area contributed by atoms with Crippen LogP contribution >= 0.6 is 0 Å². The van der Waals surface area contributed by atoms with Crippen LogP contribution in [0.2, 0.25) is 0 Å². The normalized spacial score (nSPS) is 10.6. The second-order valence-electron chi connectivity index (χ2n) is 7.40. The fourth-order valence-electron chi connectivity index (χ4n) is 3.35. The van der Waals surface area contributed by atoms with Crippen molar-refractivity contribution in [3.8, 4) is 17.0 Å². The number of rotatable bonds is 7. The number of anilines is 2. The van der Waals surface area contributed by atoms with Gasteiger partial charge in [-0.2, -0.15) is 0 Å². The number of amides is 2. The van der Waals surface area contributed by atoms with Crippen molar-refractivity contribution in [2.75, 3.05) is 23.8 Å². The number of para-hydroxylation sites is 1. The molecule has 0 aliphatic carbocycles. The maximum absolute atomic E-state index is 13.8. The molecule has 35 heavy (non-hydrogen) atoms. The van der Waals surface area contributed by atoms with Gasteiger partial charge in [-0.15, -0.1) is 0 Å². The quantitative estimate of drug-likeness (QED) is 0.330. The van der Waals surface area contributed by atoms with Gasteiger partial charge in [-0.1, -0.05) is 12.1 Å². The second kappa shape index (κ2) is 10.6. The van der Waals surface area contributed by atoms with Crippen molar-refractivity contribution >= 4 is 34.3 Å². The van der Waals surface area contributed by atoms with Crippen LogP contribution in [0.3, 0.4) is 0 Å². The highest BCUT2D eigenvalue weighted by Crippen LogP contribution is 2.32. The molecule has 3 aromatic carbocycles. The summed E-state index contributed by atoms with van der Waals surface area (Å²) in [6, 6.07) is 17.5. The van der Waals surface area contributed by atoms with E-state index < -0.39 is 17.8 Å². The van der Waals surface area contributed by atoms with Crippen LogP contribution in [0.5, 0.6) is 5.75 Å². The Hall–Kier alpha value is -4.53.